The maximum absolute atomic E-state index is 4.71. The van der Waals surface area contributed by atoms with Crippen LogP contribution in [0.1, 0.15) is 37.9 Å². The number of rotatable bonds is 4. The van der Waals surface area contributed by atoms with Crippen LogP contribution in [-0.2, 0) is 12.0 Å². The molecule has 0 unspecified atom stereocenters. The number of aromatic nitrogens is 6. The molecule has 0 aliphatic carbocycles. The summed E-state index contributed by atoms with van der Waals surface area (Å²) >= 11 is 0. The molecule has 27 heavy (non-hydrogen) atoms. The third kappa shape index (κ3) is 3.30. The van der Waals surface area contributed by atoms with Gasteiger partial charge in [-0.25, -0.2) is 9.97 Å². The van der Waals surface area contributed by atoms with Crippen LogP contribution in [0.4, 0.5) is 0 Å². The van der Waals surface area contributed by atoms with Crippen LogP contribution in [0, 0.1) is 6.92 Å². The molecule has 4 aromatic rings. The number of aromatic amines is 2. The lowest BCUT2D eigenvalue weighted by atomic mass is 9.92. The lowest BCUT2D eigenvalue weighted by Gasteiger charge is -2.13. The van der Waals surface area contributed by atoms with Crippen molar-refractivity contribution in [3.63, 3.8) is 0 Å². The zero-order valence-electron chi connectivity index (χ0n) is 16.1. The van der Waals surface area contributed by atoms with Crippen LogP contribution in [-0.4, -0.2) is 29.7 Å². The van der Waals surface area contributed by atoms with Crippen molar-refractivity contribution in [1.29, 1.82) is 0 Å². The number of nitrogens with zero attached hydrogens (tertiary/aromatic N) is 4. The molecule has 0 atom stereocenters. The Labute approximate surface area is 158 Å². The second-order valence-corrected chi connectivity index (χ2v) is 7.84. The fraction of sp³-hybridized carbons (Fsp3) is 0.286. The first kappa shape index (κ1) is 17.3. The maximum Gasteiger partial charge on any atom is 0.110 e. The summed E-state index contributed by atoms with van der Waals surface area (Å²) in [6.07, 6.45) is 3.61. The molecule has 1 aromatic carbocycles. The van der Waals surface area contributed by atoms with E-state index in [1.54, 1.807) is 6.33 Å². The zero-order valence-corrected chi connectivity index (χ0v) is 16.1. The highest BCUT2D eigenvalue weighted by molar-refractivity contribution is 5.77. The van der Waals surface area contributed by atoms with Crippen molar-refractivity contribution in [3.05, 3.63) is 66.1 Å². The lowest BCUT2D eigenvalue weighted by molar-refractivity contribution is 0.567. The van der Waals surface area contributed by atoms with E-state index in [-0.39, 0.29) is 5.41 Å². The summed E-state index contributed by atoms with van der Waals surface area (Å²) in [6.45, 7) is 9.18. The fourth-order valence-electron chi connectivity index (χ4n) is 3.17. The minimum Gasteiger partial charge on any atom is -0.348 e. The molecule has 3 heterocycles. The highest BCUT2D eigenvalue weighted by Crippen LogP contribution is 2.32. The fourth-order valence-corrected chi connectivity index (χ4v) is 3.17. The van der Waals surface area contributed by atoms with Crippen LogP contribution in [0.3, 0.4) is 0 Å². The second-order valence-electron chi connectivity index (χ2n) is 7.84. The topological polar surface area (TPSA) is 75.2 Å². The Balaban J connectivity index is 1.79. The molecule has 0 amide bonds. The monoisotopic (exact) mass is 360 g/mol. The van der Waals surface area contributed by atoms with E-state index in [1.165, 1.54) is 0 Å². The van der Waals surface area contributed by atoms with Crippen LogP contribution < -0.4 is 0 Å². The van der Waals surface area contributed by atoms with Crippen molar-refractivity contribution in [3.8, 4) is 22.6 Å². The third-order valence-electron chi connectivity index (χ3n) is 4.68. The molecule has 6 nitrogen and oxygen atoms in total. The Morgan fingerprint density at radius 2 is 1.81 bits per heavy atom. The van der Waals surface area contributed by atoms with Crippen LogP contribution in [0.15, 0.2) is 49.1 Å². The molecule has 0 saturated heterocycles. The predicted octanol–water partition coefficient (Wildman–Crippen LogP) is 4.32. The predicted molar refractivity (Wildman–Crippen MR) is 106 cm³/mol. The van der Waals surface area contributed by atoms with Gasteiger partial charge in [0.1, 0.15) is 5.69 Å². The van der Waals surface area contributed by atoms with Gasteiger partial charge in [-0.15, -0.1) is 0 Å². The molecular formula is C21H24N6. The average molecular weight is 360 g/mol. The molecule has 2 N–H and O–H groups in total. The van der Waals surface area contributed by atoms with Crippen molar-refractivity contribution in [1.82, 2.24) is 29.7 Å². The standard InChI is InChI=1S/C21H24N6/c1-14-18(23-12-22-14)20-19(15-8-6-5-7-9-15)24-13-27(20)11-16-10-17(26-25-16)21(2,3)4/h5-10,12-13H,11H2,1-4H3,(H,22,23)(H,25,26). The summed E-state index contributed by atoms with van der Waals surface area (Å²) in [4.78, 5) is 12.4. The molecule has 0 radical (unpaired) electrons. The van der Waals surface area contributed by atoms with Crippen LogP contribution in [0.25, 0.3) is 22.6 Å². The number of hydrogen-bond acceptors (Lipinski definition) is 3. The SMILES string of the molecule is Cc1[nH]cnc1-c1c(-c2ccccc2)ncn1Cc1cc(C(C)(C)C)n[nH]1. The van der Waals surface area contributed by atoms with Gasteiger partial charge >= 0.3 is 0 Å². The molecule has 0 aliphatic heterocycles. The van der Waals surface area contributed by atoms with Crippen molar-refractivity contribution >= 4 is 0 Å². The summed E-state index contributed by atoms with van der Waals surface area (Å²) < 4.78 is 2.13. The van der Waals surface area contributed by atoms with Crippen LogP contribution in [0.2, 0.25) is 0 Å². The number of aryl methyl sites for hydroxylation is 1. The molecule has 0 spiro atoms. The summed E-state index contributed by atoms with van der Waals surface area (Å²) in [5, 5.41) is 7.65. The molecule has 0 fully saturated rings. The van der Waals surface area contributed by atoms with E-state index in [9.17, 15) is 0 Å². The highest BCUT2D eigenvalue weighted by Gasteiger charge is 2.21. The Morgan fingerprint density at radius 1 is 1.04 bits per heavy atom. The van der Waals surface area contributed by atoms with Crippen molar-refractivity contribution in [2.75, 3.05) is 0 Å². The Bertz CT molecular complexity index is 1050. The van der Waals surface area contributed by atoms with Gasteiger partial charge in [-0.3, -0.25) is 5.10 Å². The van der Waals surface area contributed by atoms with Gasteiger partial charge in [-0.1, -0.05) is 51.1 Å². The van der Waals surface area contributed by atoms with Crippen molar-refractivity contribution < 1.29 is 0 Å². The molecular weight excluding hydrogens is 336 g/mol. The Kier molecular flexibility index (Phi) is 4.18. The van der Waals surface area contributed by atoms with Gasteiger partial charge in [0.05, 0.1) is 42.0 Å². The van der Waals surface area contributed by atoms with E-state index in [0.29, 0.717) is 6.54 Å². The zero-order chi connectivity index (χ0) is 19.0. The molecule has 0 saturated carbocycles. The quantitative estimate of drug-likeness (QED) is 0.569. The van der Waals surface area contributed by atoms with Crippen molar-refractivity contribution in [2.45, 2.75) is 39.7 Å². The van der Waals surface area contributed by atoms with Gasteiger partial charge in [0.2, 0.25) is 0 Å². The van der Waals surface area contributed by atoms with Crippen LogP contribution in [0.5, 0.6) is 0 Å². The highest BCUT2D eigenvalue weighted by atomic mass is 15.2. The minimum absolute atomic E-state index is 0.0144. The smallest absolute Gasteiger partial charge is 0.110 e. The lowest BCUT2D eigenvalue weighted by Crippen LogP contribution is -2.11. The third-order valence-corrected chi connectivity index (χ3v) is 4.68. The van der Waals surface area contributed by atoms with Crippen molar-refractivity contribution in [2.24, 2.45) is 0 Å². The molecule has 138 valence electrons. The second kappa shape index (κ2) is 6.54. The van der Waals surface area contributed by atoms with Gasteiger partial charge in [-0.2, -0.15) is 5.10 Å². The normalized spacial score (nSPS) is 11.9. The van der Waals surface area contributed by atoms with Gasteiger partial charge in [-0.05, 0) is 13.0 Å². The van der Waals surface area contributed by atoms with E-state index < -0.39 is 0 Å². The Morgan fingerprint density at radius 3 is 2.44 bits per heavy atom. The summed E-state index contributed by atoms with van der Waals surface area (Å²) in [7, 11) is 0. The van der Waals surface area contributed by atoms with Gasteiger partial charge < -0.3 is 9.55 Å². The van der Waals surface area contributed by atoms with E-state index in [4.69, 9.17) is 4.98 Å². The molecule has 3 aromatic heterocycles. The number of benzene rings is 1. The first-order valence-electron chi connectivity index (χ1n) is 9.09. The largest absolute Gasteiger partial charge is 0.348 e. The first-order chi connectivity index (χ1) is 12.9. The van der Waals surface area contributed by atoms with Crippen LogP contribution >= 0.6 is 0 Å². The summed E-state index contributed by atoms with van der Waals surface area (Å²) in [6, 6.07) is 12.3. The molecule has 4 rings (SSSR count). The number of nitrogens with one attached hydrogen (secondary N) is 2. The Hall–Kier alpha value is -3.15. The molecule has 0 bridgehead atoms. The minimum atomic E-state index is 0.0144. The summed E-state index contributed by atoms with van der Waals surface area (Å²) in [5.74, 6) is 0. The van der Waals surface area contributed by atoms with Gasteiger partial charge in [0, 0.05) is 16.7 Å². The number of H-pyrrole nitrogens is 2. The van der Waals surface area contributed by atoms with E-state index in [0.717, 1.165) is 39.7 Å². The summed E-state index contributed by atoms with van der Waals surface area (Å²) in [5.41, 5.74) is 7.07. The van der Waals surface area contributed by atoms with E-state index in [2.05, 4.69) is 63.7 Å². The molecule has 6 heteroatoms. The number of imidazole rings is 2. The molecule has 0 aliphatic rings. The van der Waals surface area contributed by atoms with E-state index >= 15 is 0 Å². The average Bonchev–Trinajstić information content (AvgIpc) is 3.35. The van der Waals surface area contributed by atoms with Gasteiger partial charge in [0.15, 0.2) is 0 Å². The van der Waals surface area contributed by atoms with E-state index in [1.807, 2.05) is 31.5 Å². The first-order valence-corrected chi connectivity index (χ1v) is 9.09. The number of hydrogen-bond donors (Lipinski definition) is 2. The maximum atomic E-state index is 4.71. The van der Waals surface area contributed by atoms with Gasteiger partial charge in [0.25, 0.3) is 0 Å².